The summed E-state index contributed by atoms with van der Waals surface area (Å²) in [5, 5.41) is 13.0. The first-order valence-corrected chi connectivity index (χ1v) is 10.8. The molecule has 2 fully saturated rings. The Morgan fingerprint density at radius 2 is 2.00 bits per heavy atom. The highest BCUT2D eigenvalue weighted by Gasteiger charge is 2.44. The van der Waals surface area contributed by atoms with Gasteiger partial charge in [-0.1, -0.05) is 40.0 Å². The Morgan fingerprint density at radius 1 is 1.32 bits per heavy atom. The van der Waals surface area contributed by atoms with E-state index in [1.54, 1.807) is 13.8 Å². The number of rotatable bonds is 8. The SMILES string of the molecule is CCCN1CCC(C#N)(NC(=O)[CH]CC(C)(C)C(N)=O)CC1C1CCCCC1. The molecule has 157 valence electrons. The van der Waals surface area contributed by atoms with Crippen molar-refractivity contribution in [1.29, 1.82) is 5.26 Å². The third-order valence-electron chi connectivity index (χ3n) is 6.60. The van der Waals surface area contributed by atoms with Crippen LogP contribution in [0.15, 0.2) is 0 Å². The number of piperidine rings is 1. The Hall–Kier alpha value is -1.61. The topological polar surface area (TPSA) is 99.2 Å². The largest absolute Gasteiger partial charge is 0.369 e. The summed E-state index contributed by atoms with van der Waals surface area (Å²) >= 11 is 0. The highest BCUT2D eigenvalue weighted by Crippen LogP contribution is 2.37. The number of amides is 2. The summed E-state index contributed by atoms with van der Waals surface area (Å²) < 4.78 is 0. The van der Waals surface area contributed by atoms with E-state index in [0.29, 0.717) is 24.8 Å². The molecule has 6 heteroatoms. The summed E-state index contributed by atoms with van der Waals surface area (Å²) in [5.41, 5.74) is 3.79. The van der Waals surface area contributed by atoms with Crippen LogP contribution in [0.4, 0.5) is 0 Å². The molecule has 1 heterocycles. The molecule has 0 aromatic heterocycles. The summed E-state index contributed by atoms with van der Waals surface area (Å²) in [6.07, 6.45) is 10.5. The van der Waals surface area contributed by atoms with E-state index in [0.717, 1.165) is 19.5 Å². The highest BCUT2D eigenvalue weighted by molar-refractivity contribution is 5.87. The van der Waals surface area contributed by atoms with Crippen LogP contribution in [-0.2, 0) is 9.59 Å². The summed E-state index contributed by atoms with van der Waals surface area (Å²) in [6, 6.07) is 2.79. The minimum Gasteiger partial charge on any atom is -0.369 e. The number of nitrogens with two attached hydrogens (primary N) is 1. The van der Waals surface area contributed by atoms with Crippen molar-refractivity contribution < 1.29 is 9.59 Å². The quantitative estimate of drug-likeness (QED) is 0.667. The van der Waals surface area contributed by atoms with E-state index in [1.807, 2.05) is 0 Å². The molecule has 0 aromatic carbocycles. The molecule has 6 nitrogen and oxygen atoms in total. The number of primary amides is 1. The van der Waals surface area contributed by atoms with Crippen LogP contribution in [0.2, 0.25) is 0 Å². The normalized spacial score (nSPS) is 27.1. The smallest absolute Gasteiger partial charge is 0.225 e. The van der Waals surface area contributed by atoms with Gasteiger partial charge >= 0.3 is 0 Å². The zero-order valence-electron chi connectivity index (χ0n) is 17.8. The minimum atomic E-state index is -0.823. The standard InChI is InChI=1S/C22H37N4O2/c1-4-13-26-14-12-22(16-23,15-18(26)17-8-6-5-7-9-17)25-19(27)10-11-21(2,3)20(24)28/h10,17-18H,4-9,11-15H2,1-3H3,(H2,24,28)(H,25,27). The first kappa shape index (κ1) is 22.7. The summed E-state index contributed by atoms with van der Waals surface area (Å²) in [6.45, 7) is 7.54. The Kier molecular flexibility index (Phi) is 7.88. The second-order valence-corrected chi connectivity index (χ2v) is 9.30. The first-order chi connectivity index (χ1) is 13.2. The molecule has 1 aliphatic carbocycles. The van der Waals surface area contributed by atoms with Gasteiger partial charge in [-0.3, -0.25) is 14.5 Å². The van der Waals surface area contributed by atoms with Gasteiger partial charge < -0.3 is 11.1 Å². The Morgan fingerprint density at radius 3 is 2.57 bits per heavy atom. The Labute approximate surface area is 170 Å². The Bertz CT molecular complexity index is 587. The zero-order chi connectivity index (χ0) is 20.8. The van der Waals surface area contributed by atoms with Crippen molar-refractivity contribution in [2.24, 2.45) is 17.1 Å². The lowest BCUT2D eigenvalue weighted by atomic mass is 9.74. The van der Waals surface area contributed by atoms with Gasteiger partial charge in [-0.05, 0) is 51.0 Å². The van der Waals surface area contributed by atoms with Crippen molar-refractivity contribution in [3.63, 3.8) is 0 Å². The van der Waals surface area contributed by atoms with Crippen molar-refractivity contribution >= 4 is 11.8 Å². The van der Waals surface area contributed by atoms with Crippen molar-refractivity contribution in [3.8, 4) is 6.07 Å². The lowest BCUT2D eigenvalue weighted by Gasteiger charge is -2.47. The number of nitrogens with zero attached hydrogens (tertiary/aromatic N) is 2. The van der Waals surface area contributed by atoms with Gasteiger partial charge in [0.1, 0.15) is 5.54 Å². The van der Waals surface area contributed by atoms with Gasteiger partial charge in [-0.25, -0.2) is 0 Å². The van der Waals surface area contributed by atoms with E-state index in [4.69, 9.17) is 5.73 Å². The van der Waals surface area contributed by atoms with E-state index >= 15 is 0 Å². The third-order valence-corrected chi connectivity index (χ3v) is 6.60. The number of carbonyl (C=O) groups excluding carboxylic acids is 2. The van der Waals surface area contributed by atoms with E-state index in [9.17, 15) is 14.9 Å². The second kappa shape index (κ2) is 9.73. The number of likely N-dealkylation sites (tertiary alicyclic amines) is 1. The molecular formula is C22H37N4O2. The number of carbonyl (C=O) groups is 2. The zero-order valence-corrected chi connectivity index (χ0v) is 17.8. The van der Waals surface area contributed by atoms with E-state index in [2.05, 4.69) is 23.2 Å². The van der Waals surface area contributed by atoms with E-state index in [-0.39, 0.29) is 12.3 Å². The molecule has 3 N–H and O–H groups in total. The molecule has 1 saturated heterocycles. The molecule has 0 bridgehead atoms. The van der Waals surface area contributed by atoms with Gasteiger partial charge in [0.05, 0.1) is 12.5 Å². The molecule has 2 unspecified atom stereocenters. The number of nitrogens with one attached hydrogen (secondary N) is 1. The van der Waals surface area contributed by atoms with Crippen LogP contribution in [-0.4, -0.2) is 41.4 Å². The molecular weight excluding hydrogens is 352 g/mol. The monoisotopic (exact) mass is 389 g/mol. The average molecular weight is 390 g/mol. The van der Waals surface area contributed by atoms with Crippen LogP contribution in [0.5, 0.6) is 0 Å². The molecule has 2 amide bonds. The van der Waals surface area contributed by atoms with Gasteiger partial charge in [0.25, 0.3) is 0 Å². The van der Waals surface area contributed by atoms with Crippen LogP contribution in [0.1, 0.15) is 78.6 Å². The van der Waals surface area contributed by atoms with Gasteiger partial charge in [-0.2, -0.15) is 5.26 Å². The van der Waals surface area contributed by atoms with Gasteiger partial charge in [0, 0.05) is 18.0 Å². The molecule has 2 aliphatic rings. The van der Waals surface area contributed by atoms with Crippen LogP contribution in [0, 0.1) is 29.1 Å². The fourth-order valence-corrected chi connectivity index (χ4v) is 4.62. The van der Waals surface area contributed by atoms with Crippen molar-refractivity contribution in [3.05, 3.63) is 6.42 Å². The summed E-state index contributed by atoms with van der Waals surface area (Å²) in [4.78, 5) is 26.6. The molecule has 1 aliphatic heterocycles. The van der Waals surface area contributed by atoms with E-state index in [1.165, 1.54) is 38.5 Å². The number of hydrogen-bond acceptors (Lipinski definition) is 4. The van der Waals surface area contributed by atoms with Crippen LogP contribution >= 0.6 is 0 Å². The first-order valence-electron chi connectivity index (χ1n) is 10.8. The molecule has 1 saturated carbocycles. The maximum atomic E-state index is 12.6. The molecule has 0 spiro atoms. The number of nitriles is 1. The molecule has 2 rings (SSSR count). The van der Waals surface area contributed by atoms with Crippen LogP contribution in [0.3, 0.4) is 0 Å². The average Bonchev–Trinajstić information content (AvgIpc) is 2.68. The van der Waals surface area contributed by atoms with Gasteiger partial charge in [0.2, 0.25) is 11.8 Å². The molecule has 0 aromatic rings. The molecule has 28 heavy (non-hydrogen) atoms. The van der Waals surface area contributed by atoms with E-state index < -0.39 is 16.9 Å². The fraction of sp³-hybridized carbons (Fsp3) is 0.818. The number of hydrogen-bond donors (Lipinski definition) is 2. The maximum absolute atomic E-state index is 12.6. The van der Waals surface area contributed by atoms with Crippen LogP contribution < -0.4 is 11.1 Å². The molecule has 1 radical (unpaired) electrons. The molecule has 2 atom stereocenters. The minimum absolute atomic E-state index is 0.268. The van der Waals surface area contributed by atoms with Crippen LogP contribution in [0.25, 0.3) is 0 Å². The van der Waals surface area contributed by atoms with Crippen molar-refractivity contribution in [2.75, 3.05) is 13.1 Å². The van der Waals surface area contributed by atoms with Crippen molar-refractivity contribution in [2.45, 2.75) is 90.1 Å². The Balaban J connectivity index is 2.05. The predicted octanol–water partition coefficient (Wildman–Crippen LogP) is 2.93. The highest BCUT2D eigenvalue weighted by atomic mass is 16.2. The maximum Gasteiger partial charge on any atom is 0.225 e. The van der Waals surface area contributed by atoms with Gasteiger partial charge in [-0.15, -0.1) is 0 Å². The van der Waals surface area contributed by atoms with Crippen molar-refractivity contribution in [1.82, 2.24) is 10.2 Å². The van der Waals surface area contributed by atoms with Gasteiger partial charge in [0.15, 0.2) is 0 Å². The lowest BCUT2D eigenvalue weighted by Crippen LogP contribution is -2.60. The predicted molar refractivity (Wildman–Crippen MR) is 110 cm³/mol. The lowest BCUT2D eigenvalue weighted by molar-refractivity contribution is -0.126. The summed E-state index contributed by atoms with van der Waals surface area (Å²) in [5.74, 6) is -0.0954. The second-order valence-electron chi connectivity index (χ2n) is 9.30. The third kappa shape index (κ3) is 5.70. The fourth-order valence-electron chi connectivity index (χ4n) is 4.62. The summed E-state index contributed by atoms with van der Waals surface area (Å²) in [7, 11) is 0.